The Morgan fingerprint density at radius 2 is 1.79 bits per heavy atom. The number of carbonyl (C=O) groups excluding carboxylic acids is 1. The highest BCUT2D eigenvalue weighted by Gasteiger charge is 2.33. The molecule has 0 unspecified atom stereocenters. The van der Waals surface area contributed by atoms with Gasteiger partial charge in [0.25, 0.3) is 0 Å². The van der Waals surface area contributed by atoms with Crippen molar-refractivity contribution in [2.45, 2.75) is 37.0 Å². The third-order valence-corrected chi connectivity index (χ3v) is 7.99. The lowest BCUT2D eigenvalue weighted by atomic mass is 9.98. The minimum Gasteiger partial charge on any atom is -0.423 e. The molecule has 5 nitrogen and oxygen atoms in total. The molecule has 2 aromatic carbocycles. The predicted octanol–water partition coefficient (Wildman–Crippen LogP) is 4.08. The number of sulfonamides is 1. The molecule has 0 bridgehead atoms. The second-order valence-corrected chi connectivity index (χ2v) is 10.3. The summed E-state index contributed by atoms with van der Waals surface area (Å²) in [5.41, 5.74) is 2.34. The van der Waals surface area contributed by atoms with Crippen molar-refractivity contribution < 1.29 is 22.3 Å². The lowest BCUT2D eigenvalue weighted by molar-refractivity contribution is -0.140. The topological polar surface area (TPSA) is 63.7 Å². The fraction of sp³-hybridized carbons (Fsp3) is 0.381. The maximum Gasteiger partial charge on any atom is 0.314 e. The van der Waals surface area contributed by atoms with Crippen LogP contribution < -0.4 is 4.74 Å². The van der Waals surface area contributed by atoms with Gasteiger partial charge in [0, 0.05) is 17.6 Å². The van der Waals surface area contributed by atoms with E-state index >= 15 is 0 Å². The molecule has 2 aliphatic rings. The van der Waals surface area contributed by atoms with Crippen LogP contribution in [-0.4, -0.2) is 31.8 Å². The summed E-state index contributed by atoms with van der Waals surface area (Å²) in [5, 5.41) is 0. The first-order chi connectivity index (χ1) is 13.8. The lowest BCUT2D eigenvalue weighted by Gasteiger charge is -2.30. The van der Waals surface area contributed by atoms with E-state index in [1.54, 1.807) is 18.2 Å². The van der Waals surface area contributed by atoms with Crippen LogP contribution in [0.1, 0.15) is 30.4 Å². The number of halogens is 2. The van der Waals surface area contributed by atoms with Crippen molar-refractivity contribution in [3.05, 3.63) is 57.8 Å². The van der Waals surface area contributed by atoms with Crippen molar-refractivity contribution in [3.63, 3.8) is 0 Å². The van der Waals surface area contributed by atoms with Crippen molar-refractivity contribution in [3.8, 4) is 5.75 Å². The van der Waals surface area contributed by atoms with Crippen LogP contribution in [0.5, 0.6) is 5.75 Å². The maximum atomic E-state index is 13.9. The van der Waals surface area contributed by atoms with E-state index in [-0.39, 0.29) is 18.8 Å². The molecule has 0 spiro atoms. The molecule has 0 radical (unpaired) electrons. The molecule has 0 N–H and O–H groups in total. The fourth-order valence-corrected chi connectivity index (χ4v) is 5.79. The molecule has 1 heterocycles. The van der Waals surface area contributed by atoms with Crippen molar-refractivity contribution in [1.29, 1.82) is 0 Å². The molecular formula is C21H21BrFNO4S. The van der Waals surface area contributed by atoms with E-state index in [9.17, 15) is 17.6 Å². The number of aryl methyl sites for hydroxylation is 2. The van der Waals surface area contributed by atoms with E-state index in [2.05, 4.69) is 15.9 Å². The zero-order chi connectivity index (χ0) is 20.6. The molecule has 4 rings (SSSR count). The highest BCUT2D eigenvalue weighted by Crippen LogP contribution is 2.29. The van der Waals surface area contributed by atoms with Gasteiger partial charge in [-0.25, -0.2) is 12.8 Å². The molecule has 1 fully saturated rings. The second-order valence-electron chi connectivity index (χ2n) is 7.46. The summed E-state index contributed by atoms with van der Waals surface area (Å²) in [6, 6.07) is 9.59. The molecular weight excluding hydrogens is 461 g/mol. The number of hydrogen-bond acceptors (Lipinski definition) is 4. The molecule has 0 atom stereocenters. The van der Waals surface area contributed by atoms with Crippen LogP contribution in [0.15, 0.2) is 45.8 Å². The number of hydrogen-bond donors (Lipinski definition) is 0. The number of piperidine rings is 1. The smallest absolute Gasteiger partial charge is 0.314 e. The van der Waals surface area contributed by atoms with Gasteiger partial charge in [0.2, 0.25) is 10.0 Å². The van der Waals surface area contributed by atoms with Gasteiger partial charge in [0.15, 0.2) is 11.6 Å². The average molecular weight is 482 g/mol. The molecule has 0 saturated carbocycles. The zero-order valence-electron chi connectivity index (χ0n) is 15.7. The highest BCUT2D eigenvalue weighted by molar-refractivity contribution is 9.10. The summed E-state index contributed by atoms with van der Waals surface area (Å²) in [5.74, 6) is -1.72. The van der Waals surface area contributed by atoms with Gasteiger partial charge in [0.05, 0.1) is 10.8 Å². The number of benzene rings is 2. The normalized spacial score (nSPS) is 17.9. The van der Waals surface area contributed by atoms with Crippen molar-refractivity contribution in [2.24, 2.45) is 5.92 Å². The first-order valence-electron chi connectivity index (χ1n) is 9.63. The lowest BCUT2D eigenvalue weighted by Crippen LogP contribution is -2.41. The number of esters is 1. The average Bonchev–Trinajstić information content (AvgIpc) is 3.18. The Kier molecular flexibility index (Phi) is 5.77. The van der Waals surface area contributed by atoms with Crippen LogP contribution in [0.25, 0.3) is 0 Å². The van der Waals surface area contributed by atoms with Gasteiger partial charge in [-0.15, -0.1) is 0 Å². The van der Waals surface area contributed by atoms with Crippen LogP contribution in [0.3, 0.4) is 0 Å². The highest BCUT2D eigenvalue weighted by atomic mass is 79.9. The minimum absolute atomic E-state index is 0.119. The second kappa shape index (κ2) is 8.16. The maximum absolute atomic E-state index is 13.9. The summed E-state index contributed by atoms with van der Waals surface area (Å²) in [6.07, 6.45) is 3.68. The van der Waals surface area contributed by atoms with E-state index < -0.39 is 27.7 Å². The first kappa shape index (κ1) is 20.5. The summed E-state index contributed by atoms with van der Waals surface area (Å²) in [6.45, 7) is 0.476. The Balaban J connectivity index is 1.40. The van der Waals surface area contributed by atoms with Crippen LogP contribution in [0.4, 0.5) is 4.39 Å². The van der Waals surface area contributed by atoms with Crippen LogP contribution in [-0.2, 0) is 27.7 Å². The molecule has 1 saturated heterocycles. The molecule has 154 valence electrons. The van der Waals surface area contributed by atoms with Gasteiger partial charge in [-0.3, -0.25) is 4.79 Å². The third kappa shape index (κ3) is 4.25. The van der Waals surface area contributed by atoms with Crippen molar-refractivity contribution >= 4 is 31.9 Å². The van der Waals surface area contributed by atoms with Gasteiger partial charge in [-0.1, -0.05) is 22.0 Å². The van der Waals surface area contributed by atoms with Gasteiger partial charge < -0.3 is 4.74 Å². The standard InChI is InChI=1S/C21H21BrFNO4S/c22-17-5-7-20(19(23)13-17)28-21(25)15-8-10-24(11-9-15)29(26,27)18-6-4-14-2-1-3-16(14)12-18/h4-7,12-13,15H,1-3,8-11H2. The van der Waals surface area contributed by atoms with Gasteiger partial charge in [-0.05, 0) is 73.6 Å². The van der Waals surface area contributed by atoms with E-state index in [4.69, 9.17) is 4.74 Å². The molecule has 8 heteroatoms. The first-order valence-corrected chi connectivity index (χ1v) is 11.9. The van der Waals surface area contributed by atoms with Gasteiger partial charge in [-0.2, -0.15) is 4.31 Å². The number of nitrogens with zero attached hydrogens (tertiary/aromatic N) is 1. The predicted molar refractivity (Wildman–Crippen MR) is 110 cm³/mol. The Morgan fingerprint density at radius 1 is 1.07 bits per heavy atom. The molecule has 29 heavy (non-hydrogen) atoms. The van der Waals surface area contributed by atoms with Crippen LogP contribution >= 0.6 is 15.9 Å². The fourth-order valence-electron chi connectivity index (χ4n) is 3.94. The van der Waals surface area contributed by atoms with Gasteiger partial charge in [0.1, 0.15) is 0 Å². The minimum atomic E-state index is -3.59. The number of carbonyl (C=O) groups is 1. The Bertz CT molecular complexity index is 1050. The quantitative estimate of drug-likeness (QED) is 0.487. The van der Waals surface area contributed by atoms with Crippen LogP contribution in [0, 0.1) is 11.7 Å². The van der Waals surface area contributed by atoms with E-state index in [1.807, 2.05) is 6.07 Å². The molecule has 1 aliphatic carbocycles. The summed E-state index contributed by atoms with van der Waals surface area (Å²) in [4.78, 5) is 12.7. The SMILES string of the molecule is O=C(Oc1ccc(Br)cc1F)C1CCN(S(=O)(=O)c2ccc3c(c2)CCC3)CC1. The summed E-state index contributed by atoms with van der Waals surface area (Å²) in [7, 11) is -3.59. The largest absolute Gasteiger partial charge is 0.423 e. The summed E-state index contributed by atoms with van der Waals surface area (Å²) >= 11 is 3.16. The zero-order valence-corrected chi connectivity index (χ0v) is 18.1. The van der Waals surface area contributed by atoms with E-state index in [0.717, 1.165) is 24.8 Å². The number of ether oxygens (including phenoxy) is 1. The van der Waals surface area contributed by atoms with Crippen molar-refractivity contribution in [1.82, 2.24) is 4.31 Å². The number of fused-ring (bicyclic) bond motifs is 1. The third-order valence-electron chi connectivity index (χ3n) is 5.60. The Labute approximate surface area is 178 Å². The number of rotatable bonds is 4. The van der Waals surface area contributed by atoms with Crippen molar-refractivity contribution in [2.75, 3.05) is 13.1 Å². The molecule has 0 aromatic heterocycles. The van der Waals surface area contributed by atoms with E-state index in [0.29, 0.717) is 22.2 Å². The molecule has 2 aromatic rings. The Hall–Kier alpha value is -1.77. The molecule has 0 amide bonds. The molecule has 1 aliphatic heterocycles. The monoisotopic (exact) mass is 481 g/mol. The van der Waals surface area contributed by atoms with Crippen LogP contribution in [0.2, 0.25) is 0 Å². The summed E-state index contributed by atoms with van der Waals surface area (Å²) < 4.78 is 47.0. The Morgan fingerprint density at radius 3 is 2.52 bits per heavy atom. The van der Waals surface area contributed by atoms with Gasteiger partial charge >= 0.3 is 5.97 Å². The van der Waals surface area contributed by atoms with E-state index in [1.165, 1.54) is 22.0 Å².